The minimum atomic E-state index is 0.165. The number of nitrogens with two attached hydrogens (primary N) is 1. The van der Waals surface area contributed by atoms with Gasteiger partial charge in [0.05, 0.1) is 17.0 Å². The Kier molecular flexibility index (Phi) is 4.39. The summed E-state index contributed by atoms with van der Waals surface area (Å²) in [5.74, 6) is 0. The number of hydrogen-bond donors (Lipinski definition) is 1. The molecule has 2 aliphatic rings. The molecule has 1 aromatic rings. The maximum Gasteiger partial charge on any atom is 0.0702 e. The minimum Gasteiger partial charge on any atom is -0.397 e. The molecule has 1 aliphatic carbocycles. The second kappa shape index (κ2) is 6.27. The number of rotatable bonds is 4. The van der Waals surface area contributed by atoms with Gasteiger partial charge in [-0.3, -0.25) is 0 Å². The molecule has 0 bridgehead atoms. The Balaban J connectivity index is 1.82. The molecule has 1 saturated heterocycles. The summed E-state index contributed by atoms with van der Waals surface area (Å²) in [6.45, 7) is 4.23. The number of nitrogens with zero attached hydrogens (tertiary/aromatic N) is 1. The summed E-state index contributed by atoms with van der Waals surface area (Å²) < 4.78 is 6.19. The van der Waals surface area contributed by atoms with E-state index in [4.69, 9.17) is 10.5 Å². The average molecular weight is 288 g/mol. The normalized spacial score (nSPS) is 24.3. The molecule has 1 unspecified atom stereocenters. The number of benzene rings is 1. The largest absolute Gasteiger partial charge is 0.397 e. The van der Waals surface area contributed by atoms with Gasteiger partial charge in [0.25, 0.3) is 0 Å². The molecule has 1 spiro atoms. The van der Waals surface area contributed by atoms with E-state index in [1.807, 2.05) is 12.1 Å². The van der Waals surface area contributed by atoms with Crippen molar-refractivity contribution in [3.8, 4) is 0 Å². The molecule has 1 atom stereocenters. The lowest BCUT2D eigenvalue weighted by Gasteiger charge is -2.44. The van der Waals surface area contributed by atoms with Crippen LogP contribution in [0.2, 0.25) is 0 Å². The first-order valence-electron chi connectivity index (χ1n) is 8.49. The maximum atomic E-state index is 6.23. The molecule has 1 aromatic carbocycles. The maximum absolute atomic E-state index is 6.23. The van der Waals surface area contributed by atoms with E-state index in [0.29, 0.717) is 6.04 Å². The molecular formula is C18H28N2O. The zero-order chi connectivity index (χ0) is 14.7. The number of nitrogen functional groups attached to an aromatic ring is 1. The molecule has 0 aromatic heterocycles. The van der Waals surface area contributed by atoms with Crippen LogP contribution in [-0.2, 0) is 4.74 Å². The summed E-state index contributed by atoms with van der Waals surface area (Å²) in [5.41, 5.74) is 8.50. The SMILES string of the molecule is CCCN(c1ccccc1N)C1CCOC2(CCCC2)C1. The minimum absolute atomic E-state index is 0.165. The lowest BCUT2D eigenvalue weighted by Crippen LogP contribution is -2.48. The van der Waals surface area contributed by atoms with Gasteiger partial charge in [-0.05, 0) is 44.2 Å². The van der Waals surface area contributed by atoms with Crippen LogP contribution in [0.3, 0.4) is 0 Å². The highest BCUT2D eigenvalue weighted by Crippen LogP contribution is 2.42. The molecule has 3 nitrogen and oxygen atoms in total. The monoisotopic (exact) mass is 288 g/mol. The van der Waals surface area contributed by atoms with Crippen molar-refractivity contribution in [1.82, 2.24) is 0 Å². The fraction of sp³-hybridized carbons (Fsp3) is 0.667. The Labute approximate surface area is 128 Å². The third kappa shape index (κ3) is 3.03. The highest BCUT2D eigenvalue weighted by atomic mass is 16.5. The Bertz CT molecular complexity index is 468. The number of anilines is 2. The summed E-state index contributed by atoms with van der Waals surface area (Å²) in [5, 5.41) is 0. The topological polar surface area (TPSA) is 38.5 Å². The molecule has 0 amide bonds. The average Bonchev–Trinajstić information content (AvgIpc) is 2.93. The van der Waals surface area contributed by atoms with Crippen LogP contribution < -0.4 is 10.6 Å². The summed E-state index contributed by atoms with van der Waals surface area (Å²) in [6, 6.07) is 8.87. The second-order valence-electron chi connectivity index (χ2n) is 6.64. The van der Waals surface area contributed by atoms with Gasteiger partial charge in [-0.1, -0.05) is 31.9 Å². The lowest BCUT2D eigenvalue weighted by molar-refractivity contribution is -0.0800. The second-order valence-corrected chi connectivity index (χ2v) is 6.64. The van der Waals surface area contributed by atoms with Crippen molar-refractivity contribution in [3.05, 3.63) is 24.3 Å². The van der Waals surface area contributed by atoms with E-state index in [9.17, 15) is 0 Å². The van der Waals surface area contributed by atoms with Crippen LogP contribution >= 0.6 is 0 Å². The van der Waals surface area contributed by atoms with E-state index in [-0.39, 0.29) is 5.60 Å². The first-order valence-corrected chi connectivity index (χ1v) is 8.49. The highest BCUT2D eigenvalue weighted by molar-refractivity contribution is 5.67. The Morgan fingerprint density at radius 3 is 2.76 bits per heavy atom. The number of ether oxygens (including phenoxy) is 1. The van der Waals surface area contributed by atoms with Gasteiger partial charge in [0.15, 0.2) is 0 Å². The predicted molar refractivity (Wildman–Crippen MR) is 88.7 cm³/mol. The van der Waals surface area contributed by atoms with Crippen LogP contribution in [-0.4, -0.2) is 24.8 Å². The van der Waals surface area contributed by atoms with Crippen LogP contribution in [0.5, 0.6) is 0 Å². The van der Waals surface area contributed by atoms with E-state index < -0.39 is 0 Å². The summed E-state index contributed by atoms with van der Waals surface area (Å²) in [4.78, 5) is 2.54. The van der Waals surface area contributed by atoms with E-state index in [1.165, 1.54) is 37.8 Å². The first-order chi connectivity index (χ1) is 10.2. The van der Waals surface area contributed by atoms with Gasteiger partial charge in [-0.25, -0.2) is 0 Å². The molecule has 2 N–H and O–H groups in total. The van der Waals surface area contributed by atoms with E-state index in [0.717, 1.165) is 31.7 Å². The van der Waals surface area contributed by atoms with Crippen LogP contribution in [0.15, 0.2) is 24.3 Å². The molecule has 1 saturated carbocycles. The Morgan fingerprint density at radius 1 is 1.29 bits per heavy atom. The molecular weight excluding hydrogens is 260 g/mol. The summed E-state index contributed by atoms with van der Waals surface area (Å²) in [7, 11) is 0. The van der Waals surface area contributed by atoms with Gasteiger partial charge in [0, 0.05) is 19.2 Å². The molecule has 3 rings (SSSR count). The van der Waals surface area contributed by atoms with Gasteiger partial charge in [0.2, 0.25) is 0 Å². The molecule has 1 aliphatic heterocycles. The van der Waals surface area contributed by atoms with E-state index >= 15 is 0 Å². The lowest BCUT2D eigenvalue weighted by atomic mass is 9.87. The highest BCUT2D eigenvalue weighted by Gasteiger charge is 2.41. The third-order valence-electron chi connectivity index (χ3n) is 5.13. The van der Waals surface area contributed by atoms with Crippen LogP contribution in [0.4, 0.5) is 11.4 Å². The standard InChI is InChI=1S/C18H28N2O/c1-2-12-20(17-8-4-3-7-16(17)19)15-9-13-21-18(14-15)10-5-6-11-18/h3-4,7-8,15H,2,5-6,9-14,19H2,1H3. The molecule has 3 heteroatoms. The number of hydrogen-bond acceptors (Lipinski definition) is 3. The van der Waals surface area contributed by atoms with Gasteiger partial charge in [0.1, 0.15) is 0 Å². The van der Waals surface area contributed by atoms with Gasteiger partial charge < -0.3 is 15.4 Å². The van der Waals surface area contributed by atoms with Gasteiger partial charge in [-0.2, -0.15) is 0 Å². The smallest absolute Gasteiger partial charge is 0.0702 e. The van der Waals surface area contributed by atoms with Crippen molar-refractivity contribution in [2.75, 3.05) is 23.8 Å². The van der Waals surface area contributed by atoms with Crippen molar-refractivity contribution < 1.29 is 4.74 Å². The van der Waals surface area contributed by atoms with Crippen molar-refractivity contribution in [3.63, 3.8) is 0 Å². The van der Waals surface area contributed by atoms with Crippen molar-refractivity contribution in [1.29, 1.82) is 0 Å². The first kappa shape index (κ1) is 14.7. The molecule has 116 valence electrons. The Morgan fingerprint density at radius 2 is 2.05 bits per heavy atom. The molecule has 2 fully saturated rings. The van der Waals surface area contributed by atoms with Crippen LogP contribution in [0, 0.1) is 0 Å². The fourth-order valence-electron chi connectivity index (χ4n) is 4.13. The van der Waals surface area contributed by atoms with E-state index in [2.05, 4.69) is 24.0 Å². The van der Waals surface area contributed by atoms with Crippen molar-refractivity contribution >= 4 is 11.4 Å². The van der Waals surface area contributed by atoms with Crippen LogP contribution in [0.25, 0.3) is 0 Å². The van der Waals surface area contributed by atoms with Gasteiger partial charge >= 0.3 is 0 Å². The summed E-state index contributed by atoms with van der Waals surface area (Å²) >= 11 is 0. The van der Waals surface area contributed by atoms with Gasteiger partial charge in [-0.15, -0.1) is 0 Å². The molecule has 21 heavy (non-hydrogen) atoms. The van der Waals surface area contributed by atoms with Crippen molar-refractivity contribution in [2.24, 2.45) is 0 Å². The fourth-order valence-corrected chi connectivity index (χ4v) is 4.13. The van der Waals surface area contributed by atoms with E-state index in [1.54, 1.807) is 0 Å². The quantitative estimate of drug-likeness (QED) is 0.852. The molecule has 1 heterocycles. The predicted octanol–water partition coefficient (Wildman–Crippen LogP) is 3.98. The Hall–Kier alpha value is -1.22. The van der Waals surface area contributed by atoms with Crippen LogP contribution in [0.1, 0.15) is 51.9 Å². The third-order valence-corrected chi connectivity index (χ3v) is 5.13. The number of para-hydroxylation sites is 2. The van der Waals surface area contributed by atoms with Crippen molar-refractivity contribution in [2.45, 2.75) is 63.5 Å². The summed E-state index contributed by atoms with van der Waals surface area (Å²) in [6.07, 6.45) is 8.58. The zero-order valence-corrected chi connectivity index (χ0v) is 13.2. The molecule has 0 radical (unpaired) electrons. The zero-order valence-electron chi connectivity index (χ0n) is 13.2.